The van der Waals surface area contributed by atoms with Crippen LogP contribution < -0.4 is 5.32 Å². The Morgan fingerprint density at radius 3 is 2.35 bits per heavy atom. The number of rotatable bonds is 3. The Bertz CT molecular complexity index is 644. The number of nitrogens with one attached hydrogen (secondary N) is 1. The normalized spacial score (nSPS) is 14.1. The molecule has 20 heavy (non-hydrogen) atoms. The molecule has 0 amide bonds. The number of fused-ring (bicyclic) bond motifs is 1. The van der Waals surface area contributed by atoms with E-state index in [2.05, 4.69) is 33.4 Å². The van der Waals surface area contributed by atoms with Crippen molar-refractivity contribution in [2.45, 2.75) is 18.9 Å². The van der Waals surface area contributed by atoms with E-state index in [0.29, 0.717) is 15.7 Å². The van der Waals surface area contributed by atoms with Crippen molar-refractivity contribution in [3.8, 4) is 0 Å². The first-order chi connectivity index (χ1) is 9.65. The fraction of sp³-hybridized carbons (Fsp3) is 0.188. The van der Waals surface area contributed by atoms with E-state index in [-0.39, 0.29) is 6.04 Å². The summed E-state index contributed by atoms with van der Waals surface area (Å²) in [4.78, 5) is 11.4. The smallest absolute Gasteiger partial charge is 0.338 e. The van der Waals surface area contributed by atoms with Gasteiger partial charge in [0, 0.05) is 10.5 Å². The largest absolute Gasteiger partial charge is 0.478 e. The quantitative estimate of drug-likeness (QED) is 0.900. The summed E-state index contributed by atoms with van der Waals surface area (Å²) < 4.78 is 0.602. The Labute approximate surface area is 125 Å². The number of hydrogen-bond donors (Lipinski definition) is 2. The summed E-state index contributed by atoms with van der Waals surface area (Å²) in [7, 11) is 0. The van der Waals surface area contributed by atoms with E-state index in [4.69, 9.17) is 0 Å². The Kier molecular flexibility index (Phi) is 3.49. The molecule has 0 bridgehead atoms. The van der Waals surface area contributed by atoms with Crippen LogP contribution in [0.3, 0.4) is 0 Å². The average Bonchev–Trinajstić information content (AvgIpc) is 2.80. The number of aromatic carboxylic acids is 1. The maximum Gasteiger partial charge on any atom is 0.338 e. The summed E-state index contributed by atoms with van der Waals surface area (Å²) >= 11 is 3.30. The van der Waals surface area contributed by atoms with Crippen molar-refractivity contribution in [1.82, 2.24) is 0 Å². The molecule has 1 aliphatic carbocycles. The zero-order valence-corrected chi connectivity index (χ0v) is 12.4. The molecule has 0 aromatic heterocycles. The van der Waals surface area contributed by atoms with Crippen LogP contribution in [-0.4, -0.2) is 17.1 Å². The van der Waals surface area contributed by atoms with Crippen LogP contribution in [0.25, 0.3) is 0 Å². The molecule has 4 heteroatoms. The molecule has 0 radical (unpaired) electrons. The minimum Gasteiger partial charge on any atom is -0.478 e. The molecule has 1 aliphatic rings. The van der Waals surface area contributed by atoms with Gasteiger partial charge in [0.1, 0.15) is 0 Å². The molecule has 0 heterocycles. The van der Waals surface area contributed by atoms with Crippen LogP contribution in [0.15, 0.2) is 46.9 Å². The Morgan fingerprint density at radius 2 is 1.75 bits per heavy atom. The molecule has 2 aromatic carbocycles. The summed E-state index contributed by atoms with van der Waals surface area (Å²) in [5.74, 6) is -0.921. The second kappa shape index (κ2) is 5.29. The lowest BCUT2D eigenvalue weighted by Gasteiger charge is -2.16. The third kappa shape index (κ3) is 2.43. The van der Waals surface area contributed by atoms with E-state index >= 15 is 0 Å². The molecular weight excluding hydrogens is 318 g/mol. The van der Waals surface area contributed by atoms with Crippen LogP contribution in [0.2, 0.25) is 0 Å². The predicted octanol–water partition coefficient (Wildman–Crippen LogP) is 3.73. The molecule has 0 saturated carbocycles. The zero-order chi connectivity index (χ0) is 14.1. The van der Waals surface area contributed by atoms with Crippen molar-refractivity contribution < 1.29 is 9.90 Å². The molecule has 3 nitrogen and oxygen atoms in total. The molecule has 0 saturated heterocycles. The van der Waals surface area contributed by atoms with Gasteiger partial charge in [0.25, 0.3) is 0 Å². The van der Waals surface area contributed by atoms with Gasteiger partial charge in [0.2, 0.25) is 0 Å². The molecule has 0 aliphatic heterocycles. The topological polar surface area (TPSA) is 49.3 Å². The number of anilines is 1. The van der Waals surface area contributed by atoms with Crippen LogP contribution in [0.5, 0.6) is 0 Å². The molecule has 3 rings (SSSR count). The first-order valence-corrected chi connectivity index (χ1v) is 7.29. The van der Waals surface area contributed by atoms with Crippen molar-refractivity contribution >= 4 is 27.6 Å². The van der Waals surface area contributed by atoms with Gasteiger partial charge in [-0.1, -0.05) is 30.3 Å². The first kappa shape index (κ1) is 13.2. The van der Waals surface area contributed by atoms with Gasteiger partial charge >= 0.3 is 5.97 Å². The van der Waals surface area contributed by atoms with E-state index in [0.717, 1.165) is 12.8 Å². The van der Waals surface area contributed by atoms with Gasteiger partial charge in [0.05, 0.1) is 11.3 Å². The highest BCUT2D eigenvalue weighted by Crippen LogP contribution is 2.29. The van der Waals surface area contributed by atoms with Crippen molar-refractivity contribution in [3.63, 3.8) is 0 Å². The van der Waals surface area contributed by atoms with Crippen LogP contribution in [0, 0.1) is 0 Å². The predicted molar refractivity (Wildman–Crippen MR) is 82.4 cm³/mol. The lowest BCUT2D eigenvalue weighted by Crippen LogP contribution is -2.21. The van der Waals surface area contributed by atoms with Gasteiger partial charge in [-0.05, 0) is 52.0 Å². The summed E-state index contributed by atoms with van der Waals surface area (Å²) in [6.45, 7) is 0. The second-order valence-electron chi connectivity index (χ2n) is 4.99. The molecule has 0 fully saturated rings. The minimum atomic E-state index is -0.921. The van der Waals surface area contributed by atoms with Crippen LogP contribution in [0.1, 0.15) is 21.5 Å². The summed E-state index contributed by atoms with van der Waals surface area (Å²) in [6.07, 6.45) is 1.86. The maximum atomic E-state index is 11.4. The van der Waals surface area contributed by atoms with Crippen molar-refractivity contribution in [2.75, 3.05) is 5.32 Å². The Balaban J connectivity index is 1.84. The number of carboxylic acids is 1. The number of carboxylic acid groups (broad SMARTS) is 1. The van der Waals surface area contributed by atoms with E-state index in [1.807, 2.05) is 24.3 Å². The fourth-order valence-electron chi connectivity index (χ4n) is 2.74. The van der Waals surface area contributed by atoms with Crippen molar-refractivity contribution in [1.29, 1.82) is 0 Å². The van der Waals surface area contributed by atoms with E-state index < -0.39 is 5.97 Å². The van der Waals surface area contributed by atoms with Gasteiger partial charge in [-0.25, -0.2) is 4.79 Å². The second-order valence-corrected chi connectivity index (χ2v) is 5.84. The molecule has 2 N–H and O–H groups in total. The highest BCUT2D eigenvalue weighted by Gasteiger charge is 2.23. The molecule has 0 atom stereocenters. The van der Waals surface area contributed by atoms with Crippen molar-refractivity contribution in [2.24, 2.45) is 0 Å². The highest BCUT2D eigenvalue weighted by atomic mass is 79.9. The third-order valence-corrected chi connectivity index (χ3v) is 4.30. The zero-order valence-electron chi connectivity index (χ0n) is 10.8. The lowest BCUT2D eigenvalue weighted by atomic mass is 10.1. The minimum absolute atomic E-state index is 0.250. The Hall–Kier alpha value is -1.81. The Morgan fingerprint density at radius 1 is 1.10 bits per heavy atom. The number of carbonyl (C=O) groups is 1. The average molecular weight is 332 g/mol. The van der Waals surface area contributed by atoms with Gasteiger partial charge in [-0.15, -0.1) is 0 Å². The molecule has 2 aromatic rings. The van der Waals surface area contributed by atoms with Crippen LogP contribution in [-0.2, 0) is 12.8 Å². The number of benzene rings is 2. The standard InChI is InChI=1S/C16H14BrNO2/c17-13-6-3-7-14(15(13)16(19)20)18-12-8-10-4-1-2-5-11(10)9-12/h1-7,12,18H,8-9H2,(H,19,20). The monoisotopic (exact) mass is 331 g/mol. The number of hydrogen-bond acceptors (Lipinski definition) is 2. The van der Waals surface area contributed by atoms with Gasteiger partial charge in [0.15, 0.2) is 0 Å². The summed E-state index contributed by atoms with van der Waals surface area (Å²) in [6, 6.07) is 14.0. The lowest BCUT2D eigenvalue weighted by molar-refractivity contribution is 0.0697. The fourth-order valence-corrected chi connectivity index (χ4v) is 3.28. The summed E-state index contributed by atoms with van der Waals surface area (Å²) in [5.41, 5.74) is 3.65. The van der Waals surface area contributed by atoms with Crippen molar-refractivity contribution in [3.05, 3.63) is 63.6 Å². The van der Waals surface area contributed by atoms with E-state index in [1.54, 1.807) is 6.07 Å². The molecular formula is C16H14BrNO2. The number of halogens is 1. The van der Waals surface area contributed by atoms with Crippen LogP contribution in [0.4, 0.5) is 5.69 Å². The van der Waals surface area contributed by atoms with Gasteiger partial charge in [-0.3, -0.25) is 0 Å². The van der Waals surface area contributed by atoms with Gasteiger partial charge in [-0.2, -0.15) is 0 Å². The van der Waals surface area contributed by atoms with Crippen LogP contribution >= 0.6 is 15.9 Å². The third-order valence-electron chi connectivity index (χ3n) is 3.64. The molecule has 102 valence electrons. The summed E-state index contributed by atoms with van der Waals surface area (Å²) in [5, 5.41) is 12.7. The molecule has 0 spiro atoms. The SMILES string of the molecule is O=C(O)c1c(Br)cccc1NC1Cc2ccccc2C1. The van der Waals surface area contributed by atoms with E-state index in [9.17, 15) is 9.90 Å². The van der Waals surface area contributed by atoms with Gasteiger partial charge < -0.3 is 10.4 Å². The highest BCUT2D eigenvalue weighted by molar-refractivity contribution is 9.10. The molecule has 0 unspecified atom stereocenters. The maximum absolute atomic E-state index is 11.4. The first-order valence-electron chi connectivity index (χ1n) is 6.50. The van der Waals surface area contributed by atoms with E-state index in [1.165, 1.54) is 11.1 Å².